The predicted octanol–water partition coefficient (Wildman–Crippen LogP) is 3.04. The molecule has 0 radical (unpaired) electrons. The Morgan fingerprint density at radius 1 is 1.30 bits per heavy atom. The first-order chi connectivity index (χ1) is 9.60. The average molecular weight is 339 g/mol. The normalized spacial score (nSPS) is 30.1. The molecule has 1 aliphatic heterocycles. The molecule has 4 heteroatoms. The molecule has 2 fully saturated rings. The number of rotatable bonds is 2. The van der Waals surface area contributed by atoms with Crippen LogP contribution in [-0.4, -0.2) is 23.8 Å². The molecule has 1 aliphatic carbocycles. The largest absolute Gasteiger partial charge is 0.389 e. The van der Waals surface area contributed by atoms with Crippen molar-refractivity contribution in [2.24, 2.45) is 11.7 Å². The molecule has 1 saturated heterocycles. The molecule has 3 nitrogen and oxygen atoms in total. The summed E-state index contributed by atoms with van der Waals surface area (Å²) in [4.78, 5) is 2.41. The number of nitrogens with zero attached hydrogens (tertiary/aromatic N) is 1. The highest BCUT2D eigenvalue weighted by Gasteiger charge is 2.42. The van der Waals surface area contributed by atoms with Crippen LogP contribution >= 0.6 is 15.9 Å². The summed E-state index contributed by atoms with van der Waals surface area (Å²) < 4.78 is 1.08. The van der Waals surface area contributed by atoms with E-state index < -0.39 is 5.60 Å². The number of benzene rings is 1. The molecule has 1 aromatic rings. The van der Waals surface area contributed by atoms with E-state index in [1.165, 1.54) is 18.5 Å². The number of nitrogens with two attached hydrogens (primary N) is 1. The SMILES string of the molecule is NCc1cc(Br)cc(N2CCC3(O)CCCCC3C2)c1. The molecule has 0 amide bonds. The van der Waals surface area contributed by atoms with E-state index in [0.717, 1.165) is 42.4 Å². The van der Waals surface area contributed by atoms with Gasteiger partial charge >= 0.3 is 0 Å². The molecule has 1 aromatic carbocycles. The highest BCUT2D eigenvalue weighted by Crippen LogP contribution is 2.41. The molecule has 2 atom stereocenters. The molecule has 3 N–H and O–H groups in total. The van der Waals surface area contributed by atoms with Crippen LogP contribution < -0.4 is 10.6 Å². The number of hydrogen-bond acceptors (Lipinski definition) is 3. The van der Waals surface area contributed by atoms with Crippen LogP contribution in [0.1, 0.15) is 37.7 Å². The Bertz CT molecular complexity index is 493. The lowest BCUT2D eigenvalue weighted by Crippen LogP contribution is -2.53. The van der Waals surface area contributed by atoms with Crippen LogP contribution in [0.4, 0.5) is 5.69 Å². The Morgan fingerprint density at radius 2 is 2.15 bits per heavy atom. The zero-order valence-electron chi connectivity index (χ0n) is 11.8. The number of aliphatic hydroxyl groups is 1. The second-order valence-corrected chi connectivity index (χ2v) is 7.18. The van der Waals surface area contributed by atoms with Crippen molar-refractivity contribution in [3.05, 3.63) is 28.2 Å². The summed E-state index contributed by atoms with van der Waals surface area (Å²) in [7, 11) is 0. The highest BCUT2D eigenvalue weighted by molar-refractivity contribution is 9.10. The van der Waals surface area contributed by atoms with Crippen LogP contribution in [0, 0.1) is 5.92 Å². The minimum absolute atomic E-state index is 0.405. The van der Waals surface area contributed by atoms with Crippen LogP contribution in [0.15, 0.2) is 22.7 Å². The van der Waals surface area contributed by atoms with Gasteiger partial charge in [0.2, 0.25) is 0 Å². The summed E-state index contributed by atoms with van der Waals surface area (Å²) in [5, 5.41) is 10.8. The Labute approximate surface area is 129 Å². The molecule has 2 unspecified atom stereocenters. The topological polar surface area (TPSA) is 49.5 Å². The minimum Gasteiger partial charge on any atom is -0.389 e. The minimum atomic E-state index is -0.405. The smallest absolute Gasteiger partial charge is 0.0709 e. The molecule has 0 aromatic heterocycles. The van der Waals surface area contributed by atoms with Gasteiger partial charge in [-0.3, -0.25) is 0 Å². The van der Waals surface area contributed by atoms with Crippen molar-refractivity contribution < 1.29 is 5.11 Å². The van der Waals surface area contributed by atoms with E-state index in [1.54, 1.807) is 0 Å². The van der Waals surface area contributed by atoms with Gasteiger partial charge in [-0.15, -0.1) is 0 Å². The summed E-state index contributed by atoms with van der Waals surface area (Å²) in [6.07, 6.45) is 5.47. The first-order valence-electron chi connectivity index (χ1n) is 7.57. The van der Waals surface area contributed by atoms with Crippen molar-refractivity contribution in [3.8, 4) is 0 Å². The van der Waals surface area contributed by atoms with Gasteiger partial charge in [0.15, 0.2) is 0 Å². The van der Waals surface area contributed by atoms with Crippen molar-refractivity contribution in [1.29, 1.82) is 0 Å². The molecular formula is C16H23BrN2O. The van der Waals surface area contributed by atoms with E-state index in [0.29, 0.717) is 12.5 Å². The number of piperidine rings is 1. The van der Waals surface area contributed by atoms with E-state index in [-0.39, 0.29) is 0 Å². The number of hydrogen-bond donors (Lipinski definition) is 2. The van der Waals surface area contributed by atoms with Crippen molar-refractivity contribution in [1.82, 2.24) is 0 Å². The van der Waals surface area contributed by atoms with Crippen molar-refractivity contribution in [2.45, 2.75) is 44.2 Å². The van der Waals surface area contributed by atoms with Crippen LogP contribution in [-0.2, 0) is 6.54 Å². The van der Waals surface area contributed by atoms with Crippen LogP contribution in [0.3, 0.4) is 0 Å². The Kier molecular flexibility index (Phi) is 4.07. The first kappa shape index (κ1) is 14.4. The van der Waals surface area contributed by atoms with Gasteiger partial charge in [0.25, 0.3) is 0 Å². The molecule has 20 heavy (non-hydrogen) atoms. The van der Waals surface area contributed by atoms with Gasteiger partial charge in [-0.05, 0) is 43.0 Å². The van der Waals surface area contributed by atoms with Crippen LogP contribution in [0.25, 0.3) is 0 Å². The Hall–Kier alpha value is -0.580. The lowest BCUT2D eigenvalue weighted by Gasteiger charge is -2.48. The summed E-state index contributed by atoms with van der Waals surface area (Å²) in [5.41, 5.74) is 7.74. The fourth-order valence-electron chi connectivity index (χ4n) is 3.74. The number of fused-ring (bicyclic) bond motifs is 1. The van der Waals surface area contributed by atoms with E-state index >= 15 is 0 Å². The van der Waals surface area contributed by atoms with Crippen molar-refractivity contribution in [3.63, 3.8) is 0 Å². The zero-order chi connectivity index (χ0) is 14.2. The number of halogens is 1. The molecule has 0 spiro atoms. The maximum absolute atomic E-state index is 10.8. The van der Waals surface area contributed by atoms with Gasteiger partial charge in [0.1, 0.15) is 0 Å². The van der Waals surface area contributed by atoms with E-state index in [9.17, 15) is 5.11 Å². The third kappa shape index (κ3) is 2.74. The van der Waals surface area contributed by atoms with Crippen molar-refractivity contribution >= 4 is 21.6 Å². The van der Waals surface area contributed by atoms with Crippen molar-refractivity contribution in [2.75, 3.05) is 18.0 Å². The highest BCUT2D eigenvalue weighted by atomic mass is 79.9. The van der Waals surface area contributed by atoms with Gasteiger partial charge in [-0.1, -0.05) is 28.8 Å². The first-order valence-corrected chi connectivity index (χ1v) is 8.37. The van der Waals surface area contributed by atoms with Crippen LogP contribution in [0.5, 0.6) is 0 Å². The third-order valence-corrected chi connectivity index (χ3v) is 5.43. The molecule has 1 heterocycles. The zero-order valence-corrected chi connectivity index (χ0v) is 13.4. The Balaban J connectivity index is 1.80. The second kappa shape index (κ2) is 5.66. The fraction of sp³-hybridized carbons (Fsp3) is 0.625. The third-order valence-electron chi connectivity index (χ3n) is 4.97. The lowest BCUT2D eigenvalue weighted by atomic mass is 9.71. The fourth-order valence-corrected chi connectivity index (χ4v) is 4.27. The quantitative estimate of drug-likeness (QED) is 0.871. The molecule has 1 saturated carbocycles. The average Bonchev–Trinajstić information content (AvgIpc) is 2.45. The van der Waals surface area contributed by atoms with Gasteiger partial charge < -0.3 is 15.7 Å². The summed E-state index contributed by atoms with van der Waals surface area (Å²) in [5.74, 6) is 0.422. The summed E-state index contributed by atoms with van der Waals surface area (Å²) in [6, 6.07) is 6.41. The Morgan fingerprint density at radius 3 is 2.95 bits per heavy atom. The van der Waals surface area contributed by atoms with Gasteiger partial charge in [-0.2, -0.15) is 0 Å². The monoisotopic (exact) mass is 338 g/mol. The van der Waals surface area contributed by atoms with E-state index in [4.69, 9.17) is 5.73 Å². The molecule has 3 rings (SSSR count). The molecular weight excluding hydrogens is 316 g/mol. The van der Waals surface area contributed by atoms with Gasteiger partial charge in [0, 0.05) is 35.7 Å². The summed E-state index contributed by atoms with van der Waals surface area (Å²) >= 11 is 3.57. The lowest BCUT2D eigenvalue weighted by molar-refractivity contribution is -0.0612. The van der Waals surface area contributed by atoms with Gasteiger partial charge in [0.05, 0.1) is 5.60 Å². The maximum Gasteiger partial charge on any atom is 0.0709 e. The van der Waals surface area contributed by atoms with Crippen LogP contribution in [0.2, 0.25) is 0 Å². The van der Waals surface area contributed by atoms with E-state index in [2.05, 4.69) is 39.0 Å². The molecule has 110 valence electrons. The standard InChI is InChI=1S/C16H23BrN2O/c17-14-7-12(10-18)8-15(9-14)19-6-5-16(20)4-2-1-3-13(16)11-19/h7-9,13,20H,1-6,10-11,18H2. The summed E-state index contributed by atoms with van der Waals surface area (Å²) in [6.45, 7) is 2.47. The van der Waals surface area contributed by atoms with Gasteiger partial charge in [-0.25, -0.2) is 0 Å². The molecule has 0 bridgehead atoms. The predicted molar refractivity (Wildman–Crippen MR) is 85.8 cm³/mol. The number of anilines is 1. The second-order valence-electron chi connectivity index (χ2n) is 6.26. The maximum atomic E-state index is 10.8. The van der Waals surface area contributed by atoms with E-state index in [1.807, 2.05) is 0 Å². The molecule has 2 aliphatic rings.